The first-order chi connectivity index (χ1) is 6.41. The standard InChI is InChI=1S/C9H9ClF2N2/c10-6-1-2-14-7(3-6)8(13)4-9(11,12)5-8/h1-3H,4-5,13H2. The van der Waals surface area contributed by atoms with Crippen LogP contribution in [0.15, 0.2) is 18.3 Å². The SMILES string of the molecule is NC1(c2cc(Cl)ccn2)CC(F)(F)C1. The van der Waals surface area contributed by atoms with Gasteiger partial charge in [0.25, 0.3) is 5.92 Å². The van der Waals surface area contributed by atoms with Crippen LogP contribution in [0.4, 0.5) is 8.78 Å². The average Bonchev–Trinajstić information content (AvgIpc) is 2.00. The summed E-state index contributed by atoms with van der Waals surface area (Å²) in [6, 6.07) is 3.13. The summed E-state index contributed by atoms with van der Waals surface area (Å²) in [5, 5.41) is 0.468. The molecule has 0 aliphatic heterocycles. The van der Waals surface area contributed by atoms with E-state index in [9.17, 15) is 8.78 Å². The molecule has 1 aliphatic rings. The van der Waals surface area contributed by atoms with Crippen LogP contribution in [0.5, 0.6) is 0 Å². The van der Waals surface area contributed by atoms with Gasteiger partial charge in [0, 0.05) is 24.1 Å². The number of pyridine rings is 1. The number of nitrogens with two attached hydrogens (primary N) is 1. The Morgan fingerprint density at radius 3 is 2.57 bits per heavy atom. The molecule has 5 heteroatoms. The van der Waals surface area contributed by atoms with Crippen LogP contribution in [0.25, 0.3) is 0 Å². The summed E-state index contributed by atoms with van der Waals surface area (Å²) in [4.78, 5) is 3.96. The van der Waals surface area contributed by atoms with Crippen LogP contribution in [0.3, 0.4) is 0 Å². The fourth-order valence-corrected chi connectivity index (χ4v) is 1.89. The van der Waals surface area contributed by atoms with Gasteiger partial charge in [0.15, 0.2) is 0 Å². The molecule has 1 saturated carbocycles. The Hall–Kier alpha value is -0.740. The fourth-order valence-electron chi connectivity index (χ4n) is 1.73. The number of hydrogen-bond acceptors (Lipinski definition) is 2. The van der Waals surface area contributed by atoms with E-state index in [1.165, 1.54) is 12.3 Å². The Morgan fingerprint density at radius 2 is 2.07 bits per heavy atom. The van der Waals surface area contributed by atoms with Gasteiger partial charge in [0.05, 0.1) is 11.2 Å². The number of aromatic nitrogens is 1. The van der Waals surface area contributed by atoms with Gasteiger partial charge >= 0.3 is 0 Å². The summed E-state index contributed by atoms with van der Waals surface area (Å²) >= 11 is 5.72. The van der Waals surface area contributed by atoms with Crippen molar-refractivity contribution in [2.75, 3.05) is 0 Å². The van der Waals surface area contributed by atoms with Crippen LogP contribution in [-0.4, -0.2) is 10.9 Å². The van der Waals surface area contributed by atoms with Crippen molar-refractivity contribution in [2.24, 2.45) is 5.73 Å². The van der Waals surface area contributed by atoms with Crippen molar-refractivity contribution in [3.8, 4) is 0 Å². The van der Waals surface area contributed by atoms with Gasteiger partial charge in [0.2, 0.25) is 0 Å². The average molecular weight is 219 g/mol. The summed E-state index contributed by atoms with van der Waals surface area (Å²) < 4.78 is 25.4. The van der Waals surface area contributed by atoms with Gasteiger partial charge in [-0.2, -0.15) is 0 Å². The molecular formula is C9H9ClF2N2. The first kappa shape index (κ1) is 9.80. The van der Waals surface area contributed by atoms with Gasteiger partial charge in [-0.3, -0.25) is 4.98 Å². The quantitative estimate of drug-likeness (QED) is 0.786. The van der Waals surface area contributed by atoms with Crippen molar-refractivity contribution in [3.05, 3.63) is 29.0 Å². The van der Waals surface area contributed by atoms with E-state index in [0.717, 1.165) is 0 Å². The molecular weight excluding hydrogens is 210 g/mol. The molecule has 1 aliphatic carbocycles. The summed E-state index contributed by atoms with van der Waals surface area (Å²) in [6.45, 7) is 0. The molecule has 0 spiro atoms. The molecule has 0 bridgehead atoms. The maximum Gasteiger partial charge on any atom is 0.252 e. The molecule has 0 unspecified atom stereocenters. The minimum absolute atomic E-state index is 0.354. The zero-order valence-corrected chi connectivity index (χ0v) is 8.06. The van der Waals surface area contributed by atoms with Crippen molar-refractivity contribution >= 4 is 11.6 Å². The van der Waals surface area contributed by atoms with E-state index in [1.807, 2.05) is 0 Å². The molecule has 2 N–H and O–H groups in total. The molecule has 0 saturated heterocycles. The Morgan fingerprint density at radius 1 is 1.43 bits per heavy atom. The van der Waals surface area contributed by atoms with Crippen LogP contribution in [-0.2, 0) is 5.54 Å². The van der Waals surface area contributed by atoms with Crippen molar-refractivity contribution in [1.82, 2.24) is 4.98 Å². The number of rotatable bonds is 1. The minimum Gasteiger partial charge on any atom is -0.320 e. The van der Waals surface area contributed by atoms with Gasteiger partial charge in [-0.15, -0.1) is 0 Å². The second kappa shape index (κ2) is 2.87. The first-order valence-corrected chi connectivity index (χ1v) is 4.58. The van der Waals surface area contributed by atoms with E-state index in [1.54, 1.807) is 6.07 Å². The van der Waals surface area contributed by atoms with Gasteiger partial charge in [0.1, 0.15) is 0 Å². The van der Waals surface area contributed by atoms with Crippen LogP contribution in [0.2, 0.25) is 5.02 Å². The van der Waals surface area contributed by atoms with E-state index in [2.05, 4.69) is 4.98 Å². The number of halogens is 3. The normalized spacial score (nSPS) is 22.9. The third-order valence-corrected chi connectivity index (χ3v) is 2.62. The monoisotopic (exact) mass is 218 g/mol. The van der Waals surface area contributed by atoms with Gasteiger partial charge in [-0.05, 0) is 12.1 Å². The second-order valence-corrected chi connectivity index (χ2v) is 4.16. The van der Waals surface area contributed by atoms with Crippen LogP contribution in [0, 0.1) is 0 Å². The molecule has 0 amide bonds. The van der Waals surface area contributed by atoms with Gasteiger partial charge < -0.3 is 5.73 Å². The van der Waals surface area contributed by atoms with Gasteiger partial charge in [-0.25, -0.2) is 8.78 Å². The third-order valence-electron chi connectivity index (χ3n) is 2.38. The molecule has 1 fully saturated rings. The maximum absolute atomic E-state index is 12.7. The Kier molecular flexibility index (Phi) is 2.01. The van der Waals surface area contributed by atoms with Crippen LogP contribution >= 0.6 is 11.6 Å². The maximum atomic E-state index is 12.7. The largest absolute Gasteiger partial charge is 0.320 e. The molecule has 0 aromatic carbocycles. The van der Waals surface area contributed by atoms with E-state index < -0.39 is 11.5 Å². The summed E-state index contributed by atoms with van der Waals surface area (Å²) in [6.07, 6.45) is 0.767. The summed E-state index contributed by atoms with van der Waals surface area (Å²) in [5.74, 6) is -2.65. The predicted molar refractivity (Wildman–Crippen MR) is 49.3 cm³/mol. The number of hydrogen-bond donors (Lipinski definition) is 1. The highest BCUT2D eigenvalue weighted by Gasteiger charge is 2.56. The van der Waals surface area contributed by atoms with Gasteiger partial charge in [-0.1, -0.05) is 11.6 Å². The molecule has 2 rings (SSSR count). The molecule has 2 nitrogen and oxygen atoms in total. The molecule has 0 atom stereocenters. The lowest BCUT2D eigenvalue weighted by molar-refractivity contribution is -0.126. The molecule has 76 valence electrons. The number of alkyl halides is 2. The van der Waals surface area contributed by atoms with E-state index in [-0.39, 0.29) is 12.8 Å². The van der Waals surface area contributed by atoms with Crippen molar-refractivity contribution in [3.63, 3.8) is 0 Å². The van der Waals surface area contributed by atoms with Crippen molar-refractivity contribution < 1.29 is 8.78 Å². The number of nitrogens with zero attached hydrogens (tertiary/aromatic N) is 1. The fraction of sp³-hybridized carbons (Fsp3) is 0.444. The van der Waals surface area contributed by atoms with Crippen LogP contribution in [0.1, 0.15) is 18.5 Å². The van der Waals surface area contributed by atoms with Crippen molar-refractivity contribution in [1.29, 1.82) is 0 Å². The molecule has 1 aromatic heterocycles. The molecule has 0 radical (unpaired) electrons. The lowest BCUT2D eigenvalue weighted by Gasteiger charge is -2.43. The third kappa shape index (κ3) is 1.60. The topological polar surface area (TPSA) is 38.9 Å². The molecule has 14 heavy (non-hydrogen) atoms. The summed E-state index contributed by atoms with van der Waals surface area (Å²) in [7, 11) is 0. The van der Waals surface area contributed by atoms with E-state index >= 15 is 0 Å². The van der Waals surface area contributed by atoms with Crippen molar-refractivity contribution in [2.45, 2.75) is 24.3 Å². The first-order valence-electron chi connectivity index (χ1n) is 4.20. The lowest BCUT2D eigenvalue weighted by Crippen LogP contribution is -2.55. The Balaban J connectivity index is 2.25. The highest BCUT2D eigenvalue weighted by atomic mass is 35.5. The Bertz CT molecular complexity index is 360. The van der Waals surface area contributed by atoms with Crippen LogP contribution < -0.4 is 5.73 Å². The van der Waals surface area contributed by atoms with E-state index in [0.29, 0.717) is 10.7 Å². The zero-order chi connectivity index (χ0) is 10.4. The highest BCUT2D eigenvalue weighted by molar-refractivity contribution is 6.30. The Labute approximate surface area is 85.1 Å². The highest BCUT2D eigenvalue weighted by Crippen LogP contribution is 2.49. The van der Waals surface area contributed by atoms with E-state index in [4.69, 9.17) is 17.3 Å². The molecule has 1 aromatic rings. The zero-order valence-electron chi connectivity index (χ0n) is 7.30. The minimum atomic E-state index is -2.65. The second-order valence-electron chi connectivity index (χ2n) is 3.72. The molecule has 1 heterocycles. The smallest absolute Gasteiger partial charge is 0.252 e. The summed E-state index contributed by atoms with van der Waals surface area (Å²) in [5.41, 5.74) is 5.20. The predicted octanol–water partition coefficient (Wildman–Crippen LogP) is 2.32. The lowest BCUT2D eigenvalue weighted by atomic mass is 9.72.